The summed E-state index contributed by atoms with van der Waals surface area (Å²) in [6, 6.07) is 9.48. The molecule has 0 bridgehead atoms. The van der Waals surface area contributed by atoms with E-state index in [4.69, 9.17) is 9.84 Å². The zero-order valence-corrected chi connectivity index (χ0v) is 13.1. The fraction of sp³-hybridized carbons (Fsp3) is 0.0556. The minimum Gasteiger partial charge on any atom is -0.479 e. The van der Waals surface area contributed by atoms with Gasteiger partial charge in [0.05, 0.1) is 5.69 Å². The predicted molar refractivity (Wildman–Crippen MR) is 85.9 cm³/mol. The molecule has 3 aromatic rings. The number of carboxylic acids is 1. The Bertz CT molecular complexity index is 942. The monoisotopic (exact) mass is 360 g/mol. The zero-order valence-electron chi connectivity index (χ0n) is 13.1. The Morgan fingerprint density at radius 3 is 2.15 bits per heavy atom. The lowest BCUT2D eigenvalue weighted by Crippen LogP contribution is -2.11. The summed E-state index contributed by atoms with van der Waals surface area (Å²) in [6.07, 6.45) is 0. The molecular weight excluding hydrogens is 349 g/mol. The van der Waals surface area contributed by atoms with Crippen molar-refractivity contribution < 1.29 is 27.8 Å². The van der Waals surface area contributed by atoms with Crippen LogP contribution in [-0.2, 0) is 4.79 Å². The van der Waals surface area contributed by atoms with Gasteiger partial charge < -0.3 is 9.84 Å². The molecule has 0 unspecified atom stereocenters. The second-order valence-corrected chi connectivity index (χ2v) is 5.26. The molecule has 132 valence electrons. The fourth-order valence-electron chi connectivity index (χ4n) is 2.22. The van der Waals surface area contributed by atoms with Crippen LogP contribution < -0.4 is 4.74 Å². The third kappa shape index (κ3) is 4.15. The highest BCUT2D eigenvalue weighted by molar-refractivity contribution is 5.69. The molecule has 0 radical (unpaired) electrons. The minimum atomic E-state index is -1.22. The van der Waals surface area contributed by atoms with E-state index in [2.05, 4.69) is 9.97 Å². The standard InChI is InChI=1S/C18H11F3N2O3/c19-12-3-1-10(2-4-12)15-8-16(26-9-17(24)25)23-18(22-15)11-5-13(20)7-14(21)6-11/h1-8H,9H2,(H,24,25). The summed E-state index contributed by atoms with van der Waals surface area (Å²) < 4.78 is 45.2. The number of carbonyl (C=O) groups is 1. The highest BCUT2D eigenvalue weighted by Gasteiger charge is 2.13. The number of hydrogen-bond donors (Lipinski definition) is 1. The molecule has 2 aromatic carbocycles. The Balaban J connectivity index is 2.10. The van der Waals surface area contributed by atoms with E-state index in [0.717, 1.165) is 12.1 Å². The van der Waals surface area contributed by atoms with Crippen LogP contribution >= 0.6 is 0 Å². The molecule has 0 atom stereocenters. The minimum absolute atomic E-state index is 0.0478. The molecule has 26 heavy (non-hydrogen) atoms. The van der Waals surface area contributed by atoms with Crippen molar-refractivity contribution in [2.45, 2.75) is 0 Å². The van der Waals surface area contributed by atoms with Crippen LogP contribution in [-0.4, -0.2) is 27.7 Å². The number of aliphatic carboxylic acids is 1. The summed E-state index contributed by atoms with van der Waals surface area (Å²) in [5.41, 5.74) is 0.818. The molecule has 0 amide bonds. The summed E-state index contributed by atoms with van der Waals surface area (Å²) in [7, 11) is 0. The van der Waals surface area contributed by atoms with Crippen LogP contribution in [0, 0.1) is 17.5 Å². The van der Waals surface area contributed by atoms with E-state index in [1.54, 1.807) is 0 Å². The summed E-state index contributed by atoms with van der Waals surface area (Å²) in [6.45, 7) is -0.656. The second kappa shape index (κ2) is 7.22. The van der Waals surface area contributed by atoms with Crippen molar-refractivity contribution >= 4 is 5.97 Å². The number of carboxylic acid groups (broad SMARTS) is 1. The van der Waals surface area contributed by atoms with Gasteiger partial charge in [0.15, 0.2) is 12.4 Å². The molecule has 0 aliphatic carbocycles. The van der Waals surface area contributed by atoms with E-state index in [0.29, 0.717) is 11.6 Å². The van der Waals surface area contributed by atoms with E-state index in [1.807, 2.05) is 0 Å². The molecule has 0 fully saturated rings. The van der Waals surface area contributed by atoms with Gasteiger partial charge >= 0.3 is 5.97 Å². The first-order valence-corrected chi connectivity index (χ1v) is 7.37. The quantitative estimate of drug-likeness (QED) is 0.751. The highest BCUT2D eigenvalue weighted by atomic mass is 19.1. The van der Waals surface area contributed by atoms with Gasteiger partial charge in [0.1, 0.15) is 17.5 Å². The average molecular weight is 360 g/mol. The summed E-state index contributed by atoms with van der Waals surface area (Å²) in [5, 5.41) is 8.74. The number of aromatic nitrogens is 2. The first kappa shape index (κ1) is 17.4. The smallest absolute Gasteiger partial charge is 0.341 e. The highest BCUT2D eigenvalue weighted by Crippen LogP contribution is 2.26. The van der Waals surface area contributed by atoms with Crippen molar-refractivity contribution in [3.8, 4) is 28.5 Å². The molecule has 1 N–H and O–H groups in total. The maximum atomic E-state index is 13.5. The topological polar surface area (TPSA) is 72.3 Å². The predicted octanol–water partition coefficient (Wildman–Crippen LogP) is 3.69. The normalized spacial score (nSPS) is 10.6. The van der Waals surface area contributed by atoms with E-state index in [1.165, 1.54) is 30.3 Å². The Morgan fingerprint density at radius 1 is 0.885 bits per heavy atom. The lowest BCUT2D eigenvalue weighted by atomic mass is 10.1. The van der Waals surface area contributed by atoms with E-state index in [9.17, 15) is 18.0 Å². The van der Waals surface area contributed by atoms with Gasteiger partial charge in [-0.05, 0) is 36.4 Å². The van der Waals surface area contributed by atoms with Crippen LogP contribution in [0.3, 0.4) is 0 Å². The van der Waals surface area contributed by atoms with Crippen LogP contribution in [0.15, 0.2) is 48.5 Å². The molecule has 8 heteroatoms. The van der Waals surface area contributed by atoms with Crippen molar-refractivity contribution in [1.82, 2.24) is 9.97 Å². The van der Waals surface area contributed by atoms with Gasteiger partial charge in [0.2, 0.25) is 5.88 Å². The Kier molecular flexibility index (Phi) is 4.83. The fourth-order valence-corrected chi connectivity index (χ4v) is 2.22. The number of halogens is 3. The first-order chi connectivity index (χ1) is 12.4. The van der Waals surface area contributed by atoms with Crippen molar-refractivity contribution in [1.29, 1.82) is 0 Å². The third-order valence-electron chi connectivity index (χ3n) is 3.31. The van der Waals surface area contributed by atoms with Gasteiger partial charge in [-0.2, -0.15) is 4.98 Å². The Hall–Kier alpha value is -3.42. The van der Waals surface area contributed by atoms with Crippen LogP contribution in [0.2, 0.25) is 0 Å². The van der Waals surface area contributed by atoms with Crippen LogP contribution in [0.5, 0.6) is 5.88 Å². The van der Waals surface area contributed by atoms with Gasteiger partial charge in [0, 0.05) is 23.3 Å². The average Bonchev–Trinajstić information content (AvgIpc) is 2.59. The second-order valence-electron chi connectivity index (χ2n) is 5.26. The molecule has 0 aliphatic rings. The van der Waals surface area contributed by atoms with Gasteiger partial charge in [-0.1, -0.05) is 0 Å². The van der Waals surface area contributed by atoms with E-state index >= 15 is 0 Å². The van der Waals surface area contributed by atoms with Crippen molar-refractivity contribution in [3.05, 3.63) is 66.0 Å². The first-order valence-electron chi connectivity index (χ1n) is 7.37. The van der Waals surface area contributed by atoms with E-state index in [-0.39, 0.29) is 23.0 Å². The van der Waals surface area contributed by atoms with Gasteiger partial charge in [0.25, 0.3) is 0 Å². The van der Waals surface area contributed by atoms with E-state index < -0.39 is 30.0 Å². The molecule has 1 heterocycles. The van der Waals surface area contributed by atoms with Gasteiger partial charge in [-0.25, -0.2) is 22.9 Å². The van der Waals surface area contributed by atoms with Crippen LogP contribution in [0.25, 0.3) is 22.6 Å². The molecule has 0 saturated heterocycles. The zero-order chi connectivity index (χ0) is 18.7. The summed E-state index contributed by atoms with van der Waals surface area (Å²) in [4.78, 5) is 18.9. The number of ether oxygens (including phenoxy) is 1. The molecule has 0 saturated carbocycles. The number of benzene rings is 2. The molecule has 0 aliphatic heterocycles. The summed E-state index contributed by atoms with van der Waals surface area (Å²) >= 11 is 0. The number of rotatable bonds is 5. The van der Waals surface area contributed by atoms with Crippen molar-refractivity contribution in [2.75, 3.05) is 6.61 Å². The van der Waals surface area contributed by atoms with Crippen molar-refractivity contribution in [2.24, 2.45) is 0 Å². The number of nitrogens with zero attached hydrogens (tertiary/aromatic N) is 2. The van der Waals surface area contributed by atoms with Crippen molar-refractivity contribution in [3.63, 3.8) is 0 Å². The molecule has 5 nitrogen and oxygen atoms in total. The maximum absolute atomic E-state index is 13.5. The Labute approximate surface area is 145 Å². The largest absolute Gasteiger partial charge is 0.479 e. The van der Waals surface area contributed by atoms with Crippen LogP contribution in [0.4, 0.5) is 13.2 Å². The molecule has 0 spiro atoms. The lowest BCUT2D eigenvalue weighted by molar-refractivity contribution is -0.139. The van der Waals surface area contributed by atoms with Gasteiger partial charge in [-0.3, -0.25) is 0 Å². The van der Waals surface area contributed by atoms with Crippen LogP contribution in [0.1, 0.15) is 0 Å². The van der Waals surface area contributed by atoms with Gasteiger partial charge in [-0.15, -0.1) is 0 Å². The lowest BCUT2D eigenvalue weighted by Gasteiger charge is -2.09. The molecule has 1 aromatic heterocycles. The molecular formula is C18H11F3N2O3. The Morgan fingerprint density at radius 2 is 1.54 bits per heavy atom. The molecule has 3 rings (SSSR count). The summed E-state index contributed by atoms with van der Waals surface area (Å²) in [5.74, 6) is -3.46. The third-order valence-corrected chi connectivity index (χ3v) is 3.31. The SMILES string of the molecule is O=C(O)COc1cc(-c2ccc(F)cc2)nc(-c2cc(F)cc(F)c2)n1. The maximum Gasteiger partial charge on any atom is 0.341 e. The number of hydrogen-bond acceptors (Lipinski definition) is 4.